The first-order valence-corrected chi connectivity index (χ1v) is 8.15. The van der Waals surface area contributed by atoms with Gasteiger partial charge in [-0.3, -0.25) is 0 Å². The first-order valence-electron chi connectivity index (χ1n) is 8.15. The number of ether oxygens (including phenoxy) is 1. The van der Waals surface area contributed by atoms with Crippen molar-refractivity contribution in [1.29, 1.82) is 0 Å². The second-order valence-electron chi connectivity index (χ2n) is 6.26. The van der Waals surface area contributed by atoms with Gasteiger partial charge in [-0.1, -0.05) is 45.0 Å². The average molecular weight is 275 g/mol. The zero-order valence-corrected chi connectivity index (χ0v) is 13.2. The summed E-state index contributed by atoms with van der Waals surface area (Å²) in [5, 5.41) is 3.69. The topological polar surface area (TPSA) is 21.3 Å². The number of nitrogens with one attached hydrogen (secondary N) is 1. The van der Waals surface area contributed by atoms with E-state index in [0.29, 0.717) is 18.1 Å². The number of fused-ring (bicyclic) bond motifs is 1. The summed E-state index contributed by atoms with van der Waals surface area (Å²) in [6, 6.07) is 9.19. The Morgan fingerprint density at radius 1 is 1.30 bits per heavy atom. The third kappa shape index (κ3) is 4.07. The molecule has 1 aromatic rings. The van der Waals surface area contributed by atoms with E-state index in [1.165, 1.54) is 11.1 Å². The Hall–Kier alpha value is -0.860. The minimum atomic E-state index is 0.329. The van der Waals surface area contributed by atoms with Crippen LogP contribution in [-0.4, -0.2) is 19.3 Å². The summed E-state index contributed by atoms with van der Waals surface area (Å²) in [6.07, 6.45) is 4.93. The van der Waals surface area contributed by atoms with Crippen molar-refractivity contribution in [2.45, 2.75) is 58.6 Å². The van der Waals surface area contributed by atoms with Crippen LogP contribution in [0.1, 0.15) is 57.2 Å². The molecule has 0 heterocycles. The summed E-state index contributed by atoms with van der Waals surface area (Å²) in [5.41, 5.74) is 2.94. The molecule has 0 saturated carbocycles. The Labute approximate surface area is 123 Å². The van der Waals surface area contributed by atoms with E-state index in [-0.39, 0.29) is 0 Å². The Bertz CT molecular complexity index is 402. The summed E-state index contributed by atoms with van der Waals surface area (Å²) in [5.74, 6) is 0.716. The molecule has 2 unspecified atom stereocenters. The third-order valence-electron chi connectivity index (χ3n) is 4.10. The molecule has 1 aromatic carbocycles. The van der Waals surface area contributed by atoms with Crippen LogP contribution in [0.2, 0.25) is 0 Å². The molecular weight excluding hydrogens is 246 g/mol. The van der Waals surface area contributed by atoms with Crippen molar-refractivity contribution in [3.8, 4) is 0 Å². The maximum Gasteiger partial charge on any atom is 0.0773 e. The summed E-state index contributed by atoms with van der Waals surface area (Å²) in [6.45, 7) is 8.67. The van der Waals surface area contributed by atoms with E-state index >= 15 is 0 Å². The van der Waals surface area contributed by atoms with Crippen LogP contribution in [-0.2, 0) is 11.2 Å². The molecule has 2 atom stereocenters. The van der Waals surface area contributed by atoms with Crippen LogP contribution in [0.15, 0.2) is 24.3 Å². The van der Waals surface area contributed by atoms with E-state index in [4.69, 9.17) is 4.74 Å². The first kappa shape index (κ1) is 15.5. The standard InChI is InChI=1S/C18H29NO/c1-4-12-19-18-16-8-6-5-7-15(16)9-10-17(18)20-13-11-14(2)3/h5-8,14,17-19H,4,9-13H2,1-3H3. The van der Waals surface area contributed by atoms with Crippen molar-refractivity contribution in [1.82, 2.24) is 5.32 Å². The van der Waals surface area contributed by atoms with Crippen LogP contribution in [0.3, 0.4) is 0 Å². The van der Waals surface area contributed by atoms with Crippen LogP contribution < -0.4 is 5.32 Å². The Morgan fingerprint density at radius 3 is 2.85 bits per heavy atom. The number of rotatable bonds is 7. The van der Waals surface area contributed by atoms with Crippen molar-refractivity contribution < 1.29 is 4.74 Å². The van der Waals surface area contributed by atoms with Crippen LogP contribution in [0.5, 0.6) is 0 Å². The largest absolute Gasteiger partial charge is 0.376 e. The smallest absolute Gasteiger partial charge is 0.0773 e. The van der Waals surface area contributed by atoms with E-state index in [1.54, 1.807) is 0 Å². The lowest BCUT2D eigenvalue weighted by Gasteiger charge is -2.34. The number of hydrogen-bond acceptors (Lipinski definition) is 2. The SMILES string of the molecule is CCCNC1c2ccccc2CCC1OCCC(C)C. The van der Waals surface area contributed by atoms with Crippen LogP contribution in [0, 0.1) is 5.92 Å². The molecule has 0 radical (unpaired) electrons. The van der Waals surface area contributed by atoms with Gasteiger partial charge in [0.15, 0.2) is 0 Å². The lowest BCUT2D eigenvalue weighted by Crippen LogP contribution is -2.38. The van der Waals surface area contributed by atoms with Crippen LogP contribution >= 0.6 is 0 Å². The molecule has 20 heavy (non-hydrogen) atoms. The van der Waals surface area contributed by atoms with Gasteiger partial charge in [0.2, 0.25) is 0 Å². The fourth-order valence-electron chi connectivity index (χ4n) is 2.91. The van der Waals surface area contributed by atoms with E-state index < -0.39 is 0 Å². The molecule has 0 amide bonds. The highest BCUT2D eigenvalue weighted by Gasteiger charge is 2.29. The zero-order valence-electron chi connectivity index (χ0n) is 13.2. The first-order chi connectivity index (χ1) is 9.72. The molecule has 0 spiro atoms. The second-order valence-corrected chi connectivity index (χ2v) is 6.26. The fourth-order valence-corrected chi connectivity index (χ4v) is 2.91. The molecule has 1 N–H and O–H groups in total. The lowest BCUT2D eigenvalue weighted by molar-refractivity contribution is 0.0106. The molecule has 1 aliphatic carbocycles. The third-order valence-corrected chi connectivity index (χ3v) is 4.10. The van der Waals surface area contributed by atoms with Crippen molar-refractivity contribution in [2.75, 3.05) is 13.2 Å². The Kier molecular flexibility index (Phi) is 6.06. The van der Waals surface area contributed by atoms with Crippen molar-refractivity contribution in [2.24, 2.45) is 5.92 Å². The normalized spacial score (nSPS) is 22.0. The number of benzene rings is 1. The summed E-state index contributed by atoms with van der Waals surface area (Å²) >= 11 is 0. The summed E-state index contributed by atoms with van der Waals surface area (Å²) < 4.78 is 6.20. The van der Waals surface area contributed by atoms with E-state index in [1.807, 2.05) is 0 Å². The molecule has 0 aromatic heterocycles. The van der Waals surface area contributed by atoms with Gasteiger partial charge in [0.1, 0.15) is 0 Å². The highest BCUT2D eigenvalue weighted by atomic mass is 16.5. The van der Waals surface area contributed by atoms with Crippen LogP contribution in [0.4, 0.5) is 0 Å². The molecule has 2 nitrogen and oxygen atoms in total. The monoisotopic (exact) mass is 275 g/mol. The minimum Gasteiger partial charge on any atom is -0.376 e. The molecule has 0 aliphatic heterocycles. The molecule has 0 fully saturated rings. The van der Waals surface area contributed by atoms with Gasteiger partial charge < -0.3 is 10.1 Å². The maximum absolute atomic E-state index is 6.20. The van der Waals surface area contributed by atoms with Gasteiger partial charge in [0.25, 0.3) is 0 Å². The number of hydrogen-bond donors (Lipinski definition) is 1. The highest BCUT2D eigenvalue weighted by Crippen LogP contribution is 2.32. The highest BCUT2D eigenvalue weighted by molar-refractivity contribution is 5.33. The molecule has 112 valence electrons. The summed E-state index contributed by atoms with van der Waals surface area (Å²) in [4.78, 5) is 0. The quantitative estimate of drug-likeness (QED) is 0.808. The van der Waals surface area contributed by atoms with E-state index in [9.17, 15) is 0 Å². The van der Waals surface area contributed by atoms with Gasteiger partial charge in [-0.15, -0.1) is 0 Å². The molecular formula is C18H29NO. The molecule has 1 aliphatic rings. The summed E-state index contributed by atoms with van der Waals surface area (Å²) in [7, 11) is 0. The van der Waals surface area contributed by atoms with Crippen LogP contribution in [0.25, 0.3) is 0 Å². The average Bonchev–Trinajstić information content (AvgIpc) is 2.45. The zero-order chi connectivity index (χ0) is 14.4. The van der Waals surface area contributed by atoms with Crippen molar-refractivity contribution >= 4 is 0 Å². The Balaban J connectivity index is 2.04. The molecule has 0 bridgehead atoms. The van der Waals surface area contributed by atoms with Crippen molar-refractivity contribution in [3.63, 3.8) is 0 Å². The minimum absolute atomic E-state index is 0.329. The van der Waals surface area contributed by atoms with Gasteiger partial charge in [-0.05, 0) is 49.3 Å². The lowest BCUT2D eigenvalue weighted by atomic mass is 9.85. The predicted molar refractivity (Wildman–Crippen MR) is 85.0 cm³/mol. The second kappa shape index (κ2) is 7.80. The van der Waals surface area contributed by atoms with Gasteiger partial charge in [0.05, 0.1) is 12.1 Å². The molecule has 0 saturated heterocycles. The molecule has 2 rings (SSSR count). The van der Waals surface area contributed by atoms with E-state index in [2.05, 4.69) is 50.4 Å². The predicted octanol–water partition coefficient (Wildman–Crippen LogP) is 4.10. The van der Waals surface area contributed by atoms with E-state index in [0.717, 1.165) is 38.8 Å². The van der Waals surface area contributed by atoms with Gasteiger partial charge >= 0.3 is 0 Å². The number of aryl methyl sites for hydroxylation is 1. The Morgan fingerprint density at radius 2 is 2.10 bits per heavy atom. The fraction of sp³-hybridized carbons (Fsp3) is 0.667. The van der Waals surface area contributed by atoms with Gasteiger partial charge in [-0.2, -0.15) is 0 Å². The van der Waals surface area contributed by atoms with Gasteiger partial charge in [0, 0.05) is 6.61 Å². The van der Waals surface area contributed by atoms with Crippen molar-refractivity contribution in [3.05, 3.63) is 35.4 Å². The van der Waals surface area contributed by atoms with Gasteiger partial charge in [-0.25, -0.2) is 0 Å². The molecule has 2 heteroatoms. The maximum atomic E-state index is 6.20.